The zero-order valence-electron chi connectivity index (χ0n) is 16.8. The Morgan fingerprint density at radius 2 is 1.86 bits per heavy atom. The third-order valence-electron chi connectivity index (χ3n) is 4.23. The molecule has 3 rings (SSSR count). The molecule has 1 atom stereocenters. The molecule has 0 radical (unpaired) electrons. The van der Waals surface area contributed by atoms with Gasteiger partial charge in [-0.2, -0.15) is 4.98 Å². The van der Waals surface area contributed by atoms with Crippen LogP contribution in [0.4, 0.5) is 0 Å². The number of amides is 1. The zero-order valence-corrected chi connectivity index (χ0v) is 16.8. The fourth-order valence-electron chi connectivity index (χ4n) is 2.78. The first-order valence-electron chi connectivity index (χ1n) is 9.16. The molecule has 0 aliphatic rings. The molecule has 0 aliphatic carbocycles. The molecular weight excluding hydrogens is 374 g/mol. The molecule has 0 unspecified atom stereocenters. The van der Waals surface area contributed by atoms with Crippen LogP contribution in [0.2, 0.25) is 0 Å². The number of methoxy groups -OCH3 is 2. The molecule has 1 aromatic heterocycles. The summed E-state index contributed by atoms with van der Waals surface area (Å²) < 4.78 is 21.4. The number of benzene rings is 2. The second kappa shape index (κ2) is 9.09. The van der Waals surface area contributed by atoms with Crippen LogP contribution in [0.3, 0.4) is 0 Å². The van der Waals surface area contributed by atoms with Gasteiger partial charge in [-0.1, -0.05) is 17.3 Å². The van der Waals surface area contributed by atoms with Crippen molar-refractivity contribution in [3.63, 3.8) is 0 Å². The molecule has 1 amide bonds. The van der Waals surface area contributed by atoms with E-state index in [1.165, 1.54) is 0 Å². The van der Waals surface area contributed by atoms with E-state index in [1.807, 2.05) is 13.0 Å². The van der Waals surface area contributed by atoms with E-state index in [1.54, 1.807) is 57.5 Å². The third kappa shape index (κ3) is 4.48. The second-order valence-corrected chi connectivity index (χ2v) is 6.15. The molecule has 0 saturated heterocycles. The Morgan fingerprint density at radius 1 is 1.10 bits per heavy atom. The molecule has 8 nitrogen and oxygen atoms in total. The van der Waals surface area contributed by atoms with E-state index in [0.717, 1.165) is 0 Å². The molecule has 0 aliphatic heterocycles. The van der Waals surface area contributed by atoms with Gasteiger partial charge < -0.3 is 24.1 Å². The lowest BCUT2D eigenvalue weighted by atomic mass is 10.1. The van der Waals surface area contributed by atoms with E-state index < -0.39 is 6.04 Å². The van der Waals surface area contributed by atoms with Crippen molar-refractivity contribution in [3.05, 3.63) is 53.9 Å². The summed E-state index contributed by atoms with van der Waals surface area (Å²) in [5.74, 6) is 2.08. The van der Waals surface area contributed by atoms with E-state index in [4.69, 9.17) is 18.7 Å². The highest BCUT2D eigenvalue weighted by Crippen LogP contribution is 2.31. The fourth-order valence-corrected chi connectivity index (χ4v) is 2.78. The smallest absolute Gasteiger partial charge is 0.255 e. The highest BCUT2D eigenvalue weighted by atomic mass is 16.5. The van der Waals surface area contributed by atoms with E-state index in [9.17, 15) is 4.79 Å². The van der Waals surface area contributed by atoms with Crippen LogP contribution in [0.5, 0.6) is 17.2 Å². The summed E-state index contributed by atoms with van der Waals surface area (Å²) in [6.45, 7) is 4.11. The Labute approximate surface area is 168 Å². The summed E-state index contributed by atoms with van der Waals surface area (Å²) >= 11 is 0. The number of hydrogen-bond donors (Lipinski definition) is 1. The van der Waals surface area contributed by atoms with Crippen molar-refractivity contribution in [2.75, 3.05) is 20.8 Å². The van der Waals surface area contributed by atoms with Crippen LogP contribution in [0.25, 0.3) is 11.4 Å². The van der Waals surface area contributed by atoms with Crippen molar-refractivity contribution in [2.24, 2.45) is 0 Å². The summed E-state index contributed by atoms with van der Waals surface area (Å²) in [4.78, 5) is 17.0. The molecule has 0 bridgehead atoms. The number of aromatic nitrogens is 2. The molecule has 2 aromatic carbocycles. The second-order valence-electron chi connectivity index (χ2n) is 6.15. The molecule has 29 heavy (non-hydrogen) atoms. The Balaban J connectivity index is 1.76. The molecular formula is C21H23N3O5. The standard InChI is InChI=1S/C21H23N3O5/c1-5-28-16-9-7-6-8-15(16)20(25)22-13(2)21-23-19(24-29-21)14-10-11-17(26-3)18(12-14)27-4/h6-13H,5H2,1-4H3,(H,22,25)/t13-/m0/s1. The van der Waals surface area contributed by atoms with Gasteiger partial charge in [-0.15, -0.1) is 0 Å². The largest absolute Gasteiger partial charge is 0.493 e. The molecule has 8 heteroatoms. The lowest BCUT2D eigenvalue weighted by Crippen LogP contribution is -2.27. The van der Waals surface area contributed by atoms with Crippen LogP contribution in [0.15, 0.2) is 47.0 Å². The molecule has 0 spiro atoms. The van der Waals surface area contributed by atoms with Crippen LogP contribution in [0, 0.1) is 0 Å². The van der Waals surface area contributed by atoms with Crippen molar-refractivity contribution < 1.29 is 23.5 Å². The van der Waals surface area contributed by atoms with Crippen LogP contribution in [-0.2, 0) is 0 Å². The third-order valence-corrected chi connectivity index (χ3v) is 4.23. The quantitative estimate of drug-likeness (QED) is 0.620. The highest BCUT2D eigenvalue weighted by Gasteiger charge is 2.20. The van der Waals surface area contributed by atoms with Gasteiger partial charge in [0.25, 0.3) is 5.91 Å². The van der Waals surface area contributed by atoms with Gasteiger partial charge in [-0.25, -0.2) is 0 Å². The van der Waals surface area contributed by atoms with Crippen molar-refractivity contribution >= 4 is 5.91 Å². The van der Waals surface area contributed by atoms with Crippen molar-refractivity contribution in [2.45, 2.75) is 19.9 Å². The minimum Gasteiger partial charge on any atom is -0.493 e. The highest BCUT2D eigenvalue weighted by molar-refractivity contribution is 5.97. The van der Waals surface area contributed by atoms with Gasteiger partial charge in [0, 0.05) is 5.56 Å². The van der Waals surface area contributed by atoms with E-state index in [2.05, 4.69) is 15.5 Å². The number of nitrogens with zero attached hydrogens (tertiary/aromatic N) is 2. The average molecular weight is 397 g/mol. The molecule has 0 fully saturated rings. The number of ether oxygens (including phenoxy) is 3. The lowest BCUT2D eigenvalue weighted by molar-refractivity contribution is 0.0928. The van der Waals surface area contributed by atoms with Gasteiger partial charge in [-0.05, 0) is 44.2 Å². The molecule has 0 saturated carbocycles. The Bertz CT molecular complexity index is 986. The lowest BCUT2D eigenvalue weighted by Gasteiger charge is -2.12. The summed E-state index contributed by atoms with van der Waals surface area (Å²) in [6, 6.07) is 11.9. The first-order chi connectivity index (χ1) is 14.1. The van der Waals surface area contributed by atoms with Gasteiger partial charge in [-0.3, -0.25) is 4.79 Å². The number of nitrogens with one attached hydrogen (secondary N) is 1. The van der Waals surface area contributed by atoms with E-state index >= 15 is 0 Å². The predicted molar refractivity (Wildman–Crippen MR) is 106 cm³/mol. The van der Waals surface area contributed by atoms with Crippen molar-refractivity contribution in [1.82, 2.24) is 15.5 Å². The minimum absolute atomic E-state index is 0.285. The normalized spacial score (nSPS) is 11.6. The van der Waals surface area contributed by atoms with Gasteiger partial charge in [0.05, 0.1) is 26.4 Å². The summed E-state index contributed by atoms with van der Waals surface area (Å²) in [5.41, 5.74) is 1.15. The predicted octanol–water partition coefficient (Wildman–Crippen LogP) is 3.64. The van der Waals surface area contributed by atoms with Gasteiger partial charge in [0.1, 0.15) is 11.8 Å². The number of hydrogen-bond acceptors (Lipinski definition) is 7. The van der Waals surface area contributed by atoms with Crippen molar-refractivity contribution in [1.29, 1.82) is 0 Å². The zero-order chi connectivity index (χ0) is 20.8. The van der Waals surface area contributed by atoms with Crippen molar-refractivity contribution in [3.8, 4) is 28.6 Å². The van der Waals surface area contributed by atoms with Gasteiger partial charge in [0.15, 0.2) is 11.5 Å². The minimum atomic E-state index is -0.487. The Kier molecular flexibility index (Phi) is 6.33. The SMILES string of the molecule is CCOc1ccccc1C(=O)N[C@@H](C)c1nc(-c2ccc(OC)c(OC)c2)no1. The maximum absolute atomic E-state index is 12.6. The van der Waals surface area contributed by atoms with Crippen LogP contribution < -0.4 is 19.5 Å². The van der Waals surface area contributed by atoms with Gasteiger partial charge in [0.2, 0.25) is 11.7 Å². The topological polar surface area (TPSA) is 95.7 Å². The van der Waals surface area contributed by atoms with Gasteiger partial charge >= 0.3 is 0 Å². The molecule has 1 N–H and O–H groups in total. The number of para-hydroxylation sites is 1. The molecule has 1 heterocycles. The number of rotatable bonds is 8. The molecule has 3 aromatic rings. The number of carbonyl (C=O) groups excluding carboxylic acids is 1. The monoisotopic (exact) mass is 397 g/mol. The first-order valence-corrected chi connectivity index (χ1v) is 9.16. The van der Waals surface area contributed by atoms with E-state index in [0.29, 0.717) is 40.8 Å². The Morgan fingerprint density at radius 3 is 2.59 bits per heavy atom. The van der Waals surface area contributed by atoms with Crippen LogP contribution >= 0.6 is 0 Å². The molecule has 152 valence electrons. The Hall–Kier alpha value is -3.55. The summed E-state index contributed by atoms with van der Waals surface area (Å²) in [5, 5.41) is 6.86. The van der Waals surface area contributed by atoms with E-state index in [-0.39, 0.29) is 11.8 Å². The number of carbonyl (C=O) groups is 1. The fraction of sp³-hybridized carbons (Fsp3) is 0.286. The summed E-state index contributed by atoms with van der Waals surface area (Å²) in [7, 11) is 3.12. The first kappa shape index (κ1) is 20.2. The van der Waals surface area contributed by atoms with Crippen LogP contribution in [-0.4, -0.2) is 36.9 Å². The average Bonchev–Trinajstić information content (AvgIpc) is 3.24. The maximum Gasteiger partial charge on any atom is 0.255 e. The maximum atomic E-state index is 12.6. The summed E-state index contributed by atoms with van der Waals surface area (Å²) in [6.07, 6.45) is 0. The van der Waals surface area contributed by atoms with Crippen LogP contribution in [0.1, 0.15) is 36.1 Å².